The number of aromatic nitrogens is 1. The van der Waals surface area contributed by atoms with Gasteiger partial charge in [-0.25, -0.2) is 4.98 Å². The first-order chi connectivity index (χ1) is 10.6. The highest BCUT2D eigenvalue weighted by molar-refractivity contribution is 6.30. The Morgan fingerprint density at radius 3 is 2.86 bits per heavy atom. The fourth-order valence-corrected chi connectivity index (χ4v) is 2.93. The summed E-state index contributed by atoms with van der Waals surface area (Å²) in [6.45, 7) is 1.03. The number of nitrogens with zero attached hydrogens (tertiary/aromatic N) is 2. The summed E-state index contributed by atoms with van der Waals surface area (Å²) in [6, 6.07) is 7.58. The van der Waals surface area contributed by atoms with Crippen molar-refractivity contribution < 1.29 is 14.3 Å². The van der Waals surface area contributed by atoms with Crippen LogP contribution in [-0.2, 0) is 6.42 Å². The molecule has 1 aromatic heterocycles. The summed E-state index contributed by atoms with van der Waals surface area (Å²) in [5, 5.41) is 10.9. The molecule has 116 valence electrons. The minimum atomic E-state index is -0.408. The lowest BCUT2D eigenvalue weighted by Crippen LogP contribution is -2.46. The number of carbonyl (C=O) groups is 1. The standard InChI is InChI=1S/C16H17ClN2O3/c17-13-3-1-11(2-4-13)7-12-9-19(6-5-14(12)20)16(21)15-8-18-10-22-15/h1-4,8,10,12,14,20H,5-7,9H2/t12-,14+/m1/s1. The molecule has 0 aliphatic carbocycles. The summed E-state index contributed by atoms with van der Waals surface area (Å²) in [4.78, 5) is 17.8. The van der Waals surface area contributed by atoms with Crippen LogP contribution < -0.4 is 0 Å². The number of carbonyl (C=O) groups excluding carboxylic acids is 1. The molecule has 0 bridgehead atoms. The lowest BCUT2D eigenvalue weighted by molar-refractivity contribution is 0.0225. The van der Waals surface area contributed by atoms with Crippen LogP contribution >= 0.6 is 11.6 Å². The zero-order chi connectivity index (χ0) is 15.5. The third-order valence-electron chi connectivity index (χ3n) is 4.04. The maximum atomic E-state index is 12.3. The van der Waals surface area contributed by atoms with E-state index >= 15 is 0 Å². The average Bonchev–Trinajstić information content (AvgIpc) is 3.05. The van der Waals surface area contributed by atoms with E-state index in [1.807, 2.05) is 24.3 Å². The van der Waals surface area contributed by atoms with Gasteiger partial charge in [-0.3, -0.25) is 4.79 Å². The van der Waals surface area contributed by atoms with Crippen LogP contribution in [0.25, 0.3) is 0 Å². The minimum Gasteiger partial charge on any atom is -0.438 e. The highest BCUT2D eigenvalue weighted by Crippen LogP contribution is 2.23. The Bertz CT molecular complexity index is 627. The molecule has 1 N–H and O–H groups in total. The minimum absolute atomic E-state index is 0.00166. The zero-order valence-corrected chi connectivity index (χ0v) is 12.7. The highest BCUT2D eigenvalue weighted by Gasteiger charge is 2.31. The largest absolute Gasteiger partial charge is 0.438 e. The topological polar surface area (TPSA) is 66.6 Å². The van der Waals surface area contributed by atoms with Crippen molar-refractivity contribution in [1.82, 2.24) is 9.88 Å². The van der Waals surface area contributed by atoms with Crippen molar-refractivity contribution in [1.29, 1.82) is 0 Å². The van der Waals surface area contributed by atoms with E-state index in [0.29, 0.717) is 31.0 Å². The maximum Gasteiger partial charge on any atom is 0.291 e. The molecule has 2 heterocycles. The number of aliphatic hydroxyl groups excluding tert-OH is 1. The van der Waals surface area contributed by atoms with E-state index in [0.717, 1.165) is 5.56 Å². The Kier molecular flexibility index (Phi) is 4.45. The third kappa shape index (κ3) is 3.31. The fraction of sp³-hybridized carbons (Fsp3) is 0.375. The van der Waals surface area contributed by atoms with Crippen molar-refractivity contribution in [3.63, 3.8) is 0 Å². The van der Waals surface area contributed by atoms with Gasteiger partial charge in [0.25, 0.3) is 5.91 Å². The van der Waals surface area contributed by atoms with E-state index in [9.17, 15) is 9.90 Å². The molecule has 2 aromatic rings. The van der Waals surface area contributed by atoms with Gasteiger partial charge in [-0.1, -0.05) is 23.7 Å². The second-order valence-corrected chi connectivity index (χ2v) is 6.00. The number of hydrogen-bond acceptors (Lipinski definition) is 4. The number of oxazole rings is 1. The fourth-order valence-electron chi connectivity index (χ4n) is 2.81. The van der Waals surface area contributed by atoms with E-state index in [4.69, 9.17) is 16.0 Å². The summed E-state index contributed by atoms with van der Waals surface area (Å²) >= 11 is 5.89. The lowest BCUT2D eigenvalue weighted by atomic mass is 9.88. The van der Waals surface area contributed by atoms with Gasteiger partial charge in [0, 0.05) is 24.0 Å². The van der Waals surface area contributed by atoms with Crippen LogP contribution in [0, 0.1) is 5.92 Å². The predicted octanol–water partition coefficient (Wildman–Crippen LogP) is 2.39. The van der Waals surface area contributed by atoms with Crippen LogP contribution in [0.1, 0.15) is 22.5 Å². The molecule has 6 heteroatoms. The van der Waals surface area contributed by atoms with Gasteiger partial charge in [-0.15, -0.1) is 0 Å². The van der Waals surface area contributed by atoms with Crippen molar-refractivity contribution >= 4 is 17.5 Å². The van der Waals surface area contributed by atoms with Crippen LogP contribution in [0.4, 0.5) is 0 Å². The van der Waals surface area contributed by atoms with Gasteiger partial charge < -0.3 is 14.4 Å². The zero-order valence-electron chi connectivity index (χ0n) is 12.0. The normalized spacial score (nSPS) is 21.8. The van der Waals surface area contributed by atoms with Gasteiger partial charge in [0.1, 0.15) is 0 Å². The van der Waals surface area contributed by atoms with Crippen molar-refractivity contribution in [3.05, 3.63) is 53.2 Å². The molecule has 2 atom stereocenters. The molecule has 1 aliphatic rings. The number of hydrogen-bond donors (Lipinski definition) is 1. The number of benzene rings is 1. The number of aliphatic hydroxyl groups is 1. The molecule has 0 unspecified atom stereocenters. The van der Waals surface area contributed by atoms with Gasteiger partial charge in [-0.05, 0) is 30.5 Å². The summed E-state index contributed by atoms with van der Waals surface area (Å²) in [6.07, 6.45) is 3.53. The summed E-state index contributed by atoms with van der Waals surface area (Å²) in [7, 11) is 0. The molecular weight excluding hydrogens is 304 g/mol. The van der Waals surface area contributed by atoms with Crippen LogP contribution in [0.15, 0.2) is 41.3 Å². The van der Waals surface area contributed by atoms with E-state index in [-0.39, 0.29) is 17.6 Å². The number of rotatable bonds is 3. The quantitative estimate of drug-likeness (QED) is 0.943. The van der Waals surface area contributed by atoms with Crippen LogP contribution in [-0.4, -0.2) is 40.1 Å². The van der Waals surface area contributed by atoms with E-state index in [1.165, 1.54) is 12.6 Å². The molecular formula is C16H17ClN2O3. The number of halogens is 1. The first-order valence-electron chi connectivity index (χ1n) is 7.24. The Morgan fingerprint density at radius 1 is 1.41 bits per heavy atom. The van der Waals surface area contributed by atoms with Gasteiger partial charge in [0.2, 0.25) is 5.76 Å². The van der Waals surface area contributed by atoms with E-state index in [2.05, 4.69) is 4.98 Å². The molecule has 0 spiro atoms. The van der Waals surface area contributed by atoms with Gasteiger partial charge in [-0.2, -0.15) is 0 Å². The van der Waals surface area contributed by atoms with Crippen molar-refractivity contribution in [2.45, 2.75) is 18.9 Å². The van der Waals surface area contributed by atoms with Gasteiger partial charge >= 0.3 is 0 Å². The molecule has 1 aliphatic heterocycles. The van der Waals surface area contributed by atoms with Crippen LogP contribution in [0.2, 0.25) is 5.02 Å². The molecule has 22 heavy (non-hydrogen) atoms. The Balaban J connectivity index is 1.68. The van der Waals surface area contributed by atoms with Crippen molar-refractivity contribution in [2.24, 2.45) is 5.92 Å². The lowest BCUT2D eigenvalue weighted by Gasteiger charge is -2.35. The average molecular weight is 321 g/mol. The Morgan fingerprint density at radius 2 is 2.18 bits per heavy atom. The molecule has 1 amide bonds. The summed E-state index contributed by atoms with van der Waals surface area (Å²) in [5.41, 5.74) is 1.10. The molecule has 1 saturated heterocycles. The molecule has 3 rings (SSSR count). The van der Waals surface area contributed by atoms with Gasteiger partial charge in [0.15, 0.2) is 6.39 Å². The number of likely N-dealkylation sites (tertiary alicyclic amines) is 1. The molecule has 0 radical (unpaired) electrons. The third-order valence-corrected chi connectivity index (χ3v) is 4.29. The van der Waals surface area contributed by atoms with E-state index in [1.54, 1.807) is 4.90 Å². The Labute approximate surface area is 133 Å². The molecule has 1 fully saturated rings. The van der Waals surface area contributed by atoms with Gasteiger partial charge in [0.05, 0.1) is 12.3 Å². The predicted molar refractivity (Wildman–Crippen MR) is 81.7 cm³/mol. The van der Waals surface area contributed by atoms with Crippen LogP contribution in [0.3, 0.4) is 0 Å². The monoisotopic (exact) mass is 320 g/mol. The summed E-state index contributed by atoms with van der Waals surface area (Å²) in [5.74, 6) is 0.0638. The van der Waals surface area contributed by atoms with E-state index < -0.39 is 6.10 Å². The first-order valence-corrected chi connectivity index (χ1v) is 7.61. The molecule has 1 aromatic carbocycles. The summed E-state index contributed by atoms with van der Waals surface area (Å²) < 4.78 is 5.06. The molecule has 0 saturated carbocycles. The maximum absolute atomic E-state index is 12.3. The second-order valence-electron chi connectivity index (χ2n) is 5.56. The van der Waals surface area contributed by atoms with Crippen molar-refractivity contribution in [2.75, 3.05) is 13.1 Å². The number of piperidine rings is 1. The second kappa shape index (κ2) is 6.50. The van der Waals surface area contributed by atoms with Crippen LogP contribution in [0.5, 0.6) is 0 Å². The first kappa shape index (κ1) is 15.1. The molecule has 5 nitrogen and oxygen atoms in total. The SMILES string of the molecule is O=C(c1cnco1)N1CC[C@H](O)[C@H](Cc2ccc(Cl)cc2)C1. The Hall–Kier alpha value is -1.85. The highest BCUT2D eigenvalue weighted by atomic mass is 35.5. The van der Waals surface area contributed by atoms with Crippen molar-refractivity contribution in [3.8, 4) is 0 Å². The smallest absolute Gasteiger partial charge is 0.291 e. The number of amides is 1.